The molecule has 2 aromatic carbocycles. The van der Waals surface area contributed by atoms with Crippen LogP contribution in [0.25, 0.3) is 0 Å². The van der Waals surface area contributed by atoms with Crippen LogP contribution in [0.1, 0.15) is 53.6 Å². The number of nitro groups is 1. The summed E-state index contributed by atoms with van der Waals surface area (Å²) in [5.74, 6) is 0.274. The molecule has 1 fully saturated rings. The molecule has 1 N–H and O–H groups in total. The van der Waals surface area contributed by atoms with Crippen LogP contribution in [-0.4, -0.2) is 45.0 Å². The molecule has 0 spiro atoms. The number of hydrogen-bond donors (Lipinski definition) is 1. The normalized spacial score (nSPS) is 15.7. The molecule has 31 heavy (non-hydrogen) atoms. The van der Waals surface area contributed by atoms with E-state index in [0.29, 0.717) is 35.0 Å². The van der Waals surface area contributed by atoms with Crippen molar-refractivity contribution in [3.05, 3.63) is 75.3 Å². The summed E-state index contributed by atoms with van der Waals surface area (Å²) in [5, 5.41) is 14.6. The van der Waals surface area contributed by atoms with Crippen molar-refractivity contribution in [1.82, 2.24) is 9.62 Å². The fraction of sp³-hybridized carbons (Fsp3) is 0.435. The lowest BCUT2D eigenvalue weighted by atomic mass is 9.96. The molecule has 1 saturated carbocycles. The Hall–Kier alpha value is -2.26. The minimum atomic E-state index is -1.09. The first-order valence-corrected chi connectivity index (χ1v) is 11.9. The van der Waals surface area contributed by atoms with E-state index >= 15 is 0 Å². The lowest BCUT2D eigenvalue weighted by Gasteiger charge is -2.31. The highest BCUT2D eigenvalue weighted by atomic mass is 32.2. The molecule has 0 amide bonds. The van der Waals surface area contributed by atoms with Crippen molar-refractivity contribution < 1.29 is 14.3 Å². The zero-order valence-electron chi connectivity index (χ0n) is 17.8. The molecule has 8 heteroatoms. The molecule has 3 rings (SSSR count). The number of nitrogens with one attached hydrogen (secondary N) is 1. The summed E-state index contributed by atoms with van der Waals surface area (Å²) in [6.45, 7) is 0.703. The minimum Gasteiger partial charge on any atom is -0.598 e. The van der Waals surface area contributed by atoms with Crippen molar-refractivity contribution in [1.29, 1.82) is 0 Å². The third kappa shape index (κ3) is 6.36. The largest absolute Gasteiger partial charge is 0.598 e. The number of carbonyl (C=O) groups excluding carboxylic acids is 1. The highest BCUT2D eigenvalue weighted by Gasteiger charge is 2.26. The molecule has 0 saturated heterocycles. The van der Waals surface area contributed by atoms with E-state index in [1.54, 1.807) is 30.3 Å². The van der Waals surface area contributed by atoms with Gasteiger partial charge in [-0.1, -0.05) is 49.6 Å². The van der Waals surface area contributed by atoms with Crippen LogP contribution in [0.4, 0.5) is 5.69 Å². The fourth-order valence-corrected chi connectivity index (χ4v) is 5.09. The summed E-state index contributed by atoms with van der Waals surface area (Å²) < 4.78 is 14.5. The maximum absolute atomic E-state index is 12.7. The van der Waals surface area contributed by atoms with Gasteiger partial charge >= 0.3 is 0 Å². The van der Waals surface area contributed by atoms with E-state index in [4.69, 9.17) is 0 Å². The van der Waals surface area contributed by atoms with Gasteiger partial charge in [0.05, 0.1) is 11.0 Å². The topological polar surface area (TPSA) is 98.5 Å². The second-order valence-corrected chi connectivity index (χ2v) is 9.46. The van der Waals surface area contributed by atoms with Crippen LogP contribution in [0.2, 0.25) is 0 Å². The Morgan fingerprint density at radius 1 is 1.13 bits per heavy atom. The molecule has 7 nitrogen and oxygen atoms in total. The number of benzene rings is 2. The molecule has 0 aromatic heterocycles. The SMILES string of the molecule is CN(C1CCCCC1)[S+]([O-])CCNCc1cc(C(=O)c2ccccc2)ccc1[N+](=O)[O-]. The maximum atomic E-state index is 12.7. The Kier molecular flexibility index (Phi) is 8.60. The van der Waals surface area contributed by atoms with Gasteiger partial charge in [0.1, 0.15) is 5.75 Å². The van der Waals surface area contributed by atoms with Gasteiger partial charge in [0.25, 0.3) is 5.69 Å². The summed E-state index contributed by atoms with van der Waals surface area (Å²) >= 11 is -1.09. The fourth-order valence-electron chi connectivity index (χ4n) is 3.94. The standard InChI is InChI=1S/C23H29N3O4S/c1-25(21-10-6-3-7-11-21)31(30)15-14-24-17-20-16-19(12-13-22(20)26(28)29)23(27)18-8-4-2-5-9-18/h2,4-5,8-9,12-13,16,21,24H,3,6-7,10-11,14-15,17H2,1H3. The number of carbonyl (C=O) groups is 1. The summed E-state index contributed by atoms with van der Waals surface area (Å²) in [7, 11) is 1.91. The number of rotatable bonds is 10. The van der Waals surface area contributed by atoms with Crippen molar-refractivity contribution in [3.63, 3.8) is 0 Å². The molecule has 0 bridgehead atoms. The second kappa shape index (κ2) is 11.4. The maximum Gasteiger partial charge on any atom is 0.273 e. The van der Waals surface area contributed by atoms with E-state index in [-0.39, 0.29) is 18.0 Å². The van der Waals surface area contributed by atoms with Crippen molar-refractivity contribution in [2.24, 2.45) is 0 Å². The smallest absolute Gasteiger partial charge is 0.273 e. The monoisotopic (exact) mass is 443 g/mol. The predicted octanol–water partition coefficient (Wildman–Crippen LogP) is 3.84. The van der Waals surface area contributed by atoms with Crippen LogP contribution in [-0.2, 0) is 17.9 Å². The van der Waals surface area contributed by atoms with Crippen LogP contribution in [0.3, 0.4) is 0 Å². The lowest BCUT2D eigenvalue weighted by molar-refractivity contribution is -0.385. The molecule has 2 aromatic rings. The summed E-state index contributed by atoms with van der Waals surface area (Å²) in [5.41, 5.74) is 1.36. The van der Waals surface area contributed by atoms with Gasteiger partial charge in [-0.15, -0.1) is 4.31 Å². The molecule has 0 radical (unpaired) electrons. The van der Waals surface area contributed by atoms with Crippen molar-refractivity contribution in [3.8, 4) is 0 Å². The van der Waals surface area contributed by atoms with E-state index in [1.807, 2.05) is 17.4 Å². The van der Waals surface area contributed by atoms with Gasteiger partial charge in [-0.05, 0) is 25.0 Å². The van der Waals surface area contributed by atoms with E-state index in [1.165, 1.54) is 31.4 Å². The van der Waals surface area contributed by atoms with Crippen molar-refractivity contribution >= 4 is 22.8 Å². The summed E-state index contributed by atoms with van der Waals surface area (Å²) in [6.07, 6.45) is 5.80. The van der Waals surface area contributed by atoms with Crippen LogP contribution >= 0.6 is 0 Å². The van der Waals surface area contributed by atoms with E-state index in [9.17, 15) is 19.5 Å². The Balaban J connectivity index is 1.59. The highest BCUT2D eigenvalue weighted by molar-refractivity contribution is 7.89. The first-order chi connectivity index (χ1) is 15.0. The van der Waals surface area contributed by atoms with Gasteiger partial charge in [0.2, 0.25) is 0 Å². The van der Waals surface area contributed by atoms with E-state index < -0.39 is 16.3 Å². The summed E-state index contributed by atoms with van der Waals surface area (Å²) in [4.78, 5) is 23.7. The summed E-state index contributed by atoms with van der Waals surface area (Å²) in [6, 6.07) is 13.7. The van der Waals surface area contributed by atoms with Crippen molar-refractivity contribution in [2.45, 2.75) is 44.7 Å². The van der Waals surface area contributed by atoms with Gasteiger partial charge < -0.3 is 9.87 Å². The Labute approximate surface area is 186 Å². The molecule has 0 aliphatic heterocycles. The molecule has 0 heterocycles. The Bertz CT molecular complexity index is 888. The first-order valence-electron chi connectivity index (χ1n) is 10.7. The van der Waals surface area contributed by atoms with Crippen LogP contribution in [0.15, 0.2) is 48.5 Å². The number of nitrogens with zero attached hydrogens (tertiary/aromatic N) is 2. The molecule has 1 unspecified atom stereocenters. The number of nitro benzene ring substituents is 1. The Morgan fingerprint density at radius 3 is 2.52 bits per heavy atom. The molecular weight excluding hydrogens is 414 g/mol. The third-order valence-electron chi connectivity index (χ3n) is 5.75. The van der Waals surface area contributed by atoms with Gasteiger partial charge in [0, 0.05) is 54.3 Å². The van der Waals surface area contributed by atoms with E-state index in [2.05, 4.69) is 5.32 Å². The van der Waals surface area contributed by atoms with Gasteiger partial charge in [-0.3, -0.25) is 14.9 Å². The average molecular weight is 444 g/mol. The highest BCUT2D eigenvalue weighted by Crippen LogP contribution is 2.24. The Morgan fingerprint density at radius 2 is 1.84 bits per heavy atom. The minimum absolute atomic E-state index is 0.0300. The molecular formula is C23H29N3O4S. The number of ketones is 1. The zero-order valence-corrected chi connectivity index (χ0v) is 18.6. The molecule has 166 valence electrons. The zero-order chi connectivity index (χ0) is 22.2. The third-order valence-corrected chi connectivity index (χ3v) is 7.25. The second-order valence-electron chi connectivity index (χ2n) is 7.84. The molecule has 1 atom stereocenters. The lowest BCUT2D eigenvalue weighted by Crippen LogP contribution is -2.41. The van der Waals surface area contributed by atoms with Crippen LogP contribution in [0, 0.1) is 10.1 Å². The quantitative estimate of drug-likeness (QED) is 0.197. The van der Waals surface area contributed by atoms with Crippen molar-refractivity contribution in [2.75, 3.05) is 19.3 Å². The average Bonchev–Trinajstić information content (AvgIpc) is 2.81. The van der Waals surface area contributed by atoms with Crippen LogP contribution in [0.5, 0.6) is 0 Å². The van der Waals surface area contributed by atoms with Crippen LogP contribution < -0.4 is 5.32 Å². The van der Waals surface area contributed by atoms with E-state index in [0.717, 1.165) is 12.8 Å². The molecule has 1 aliphatic carbocycles. The number of hydrogen-bond acceptors (Lipinski definition) is 6. The predicted molar refractivity (Wildman–Crippen MR) is 122 cm³/mol. The van der Waals surface area contributed by atoms with Gasteiger partial charge in [0.15, 0.2) is 5.78 Å². The first kappa shape index (κ1) is 23.4. The molecule has 1 aliphatic rings. The van der Waals surface area contributed by atoms with Gasteiger partial charge in [-0.2, -0.15) is 0 Å². The van der Waals surface area contributed by atoms with Gasteiger partial charge in [-0.25, -0.2) is 0 Å².